The van der Waals surface area contributed by atoms with Crippen molar-refractivity contribution in [3.05, 3.63) is 59.7 Å². The first-order valence-electron chi connectivity index (χ1n) is 10.2. The van der Waals surface area contributed by atoms with E-state index >= 15 is 0 Å². The lowest BCUT2D eigenvalue weighted by atomic mass is 10.2. The minimum Gasteiger partial charge on any atom is -0.493 e. The minimum atomic E-state index is -0.665. The fourth-order valence-electron chi connectivity index (χ4n) is 3.16. The Hall–Kier alpha value is -3.02. The zero-order chi connectivity index (χ0) is 22.1. The summed E-state index contributed by atoms with van der Waals surface area (Å²) in [6.45, 7) is 10.1. The highest BCUT2D eigenvalue weighted by Gasteiger charge is 2.26. The second-order valence-corrected chi connectivity index (χ2v) is 7.60. The summed E-state index contributed by atoms with van der Waals surface area (Å²) in [4.78, 5) is 19.8. The molecule has 30 heavy (non-hydrogen) atoms. The predicted molar refractivity (Wildman–Crippen MR) is 119 cm³/mol. The van der Waals surface area contributed by atoms with Gasteiger partial charge in [-0.3, -0.25) is 4.79 Å². The van der Waals surface area contributed by atoms with Crippen LogP contribution in [0.4, 0.5) is 0 Å². The first-order chi connectivity index (χ1) is 14.3. The van der Waals surface area contributed by atoms with Crippen molar-refractivity contribution in [2.75, 3.05) is 7.11 Å². The third-order valence-corrected chi connectivity index (χ3v) is 4.56. The van der Waals surface area contributed by atoms with Crippen LogP contribution in [0, 0.1) is 0 Å². The van der Waals surface area contributed by atoms with Gasteiger partial charge in [-0.1, -0.05) is 35.5 Å². The highest BCUT2D eigenvalue weighted by molar-refractivity contribution is 5.82. The monoisotopic (exact) mass is 412 g/mol. The Morgan fingerprint density at radius 2 is 1.67 bits per heavy atom. The topological polar surface area (TPSA) is 60.4 Å². The van der Waals surface area contributed by atoms with E-state index in [4.69, 9.17) is 14.3 Å². The number of nitrogens with zero attached hydrogens (tertiary/aromatic N) is 2. The molecule has 1 atom stereocenters. The van der Waals surface area contributed by atoms with Gasteiger partial charge in [-0.15, -0.1) is 0 Å². The quantitative estimate of drug-likeness (QED) is 0.421. The van der Waals surface area contributed by atoms with Gasteiger partial charge in [-0.2, -0.15) is 0 Å². The van der Waals surface area contributed by atoms with Gasteiger partial charge >= 0.3 is 0 Å². The van der Waals surface area contributed by atoms with E-state index in [0.29, 0.717) is 18.1 Å². The molecule has 0 radical (unpaired) electrons. The maximum absolute atomic E-state index is 12.6. The van der Waals surface area contributed by atoms with Crippen LogP contribution in [0.2, 0.25) is 0 Å². The maximum Gasteiger partial charge on any atom is 0.266 e. The molecule has 2 rings (SSSR count). The first-order valence-corrected chi connectivity index (χ1v) is 10.2. The molecule has 0 heterocycles. The summed E-state index contributed by atoms with van der Waals surface area (Å²) in [5.41, 5.74) is 1.86. The van der Waals surface area contributed by atoms with Crippen LogP contribution in [-0.4, -0.2) is 42.3 Å². The van der Waals surface area contributed by atoms with Crippen LogP contribution in [0.5, 0.6) is 11.5 Å². The van der Waals surface area contributed by atoms with Crippen molar-refractivity contribution in [2.24, 2.45) is 5.16 Å². The largest absolute Gasteiger partial charge is 0.493 e. The molecule has 0 saturated carbocycles. The lowest BCUT2D eigenvalue weighted by Gasteiger charge is -2.32. The predicted octanol–water partition coefficient (Wildman–Crippen LogP) is 4.66. The molecule has 0 aromatic heterocycles. The molecule has 2 aromatic carbocycles. The summed E-state index contributed by atoms with van der Waals surface area (Å²) in [5.74, 6) is 1.16. The van der Waals surface area contributed by atoms with E-state index in [1.807, 2.05) is 76.2 Å². The minimum absolute atomic E-state index is 0.0839. The molecule has 0 spiro atoms. The number of methoxy groups -OCH3 is 1. The summed E-state index contributed by atoms with van der Waals surface area (Å²) >= 11 is 0. The standard InChI is InChI=1S/C24H32N2O4/c1-17(2)26(18(3)4)24(27)19(5)30-25-15-21-12-13-22(23(14-21)28-6)29-16-20-10-8-7-9-11-20/h7-15,17-19H,16H2,1-6H3/b25-15+. The number of carbonyl (C=O) groups excluding carboxylic acids is 1. The van der Waals surface area contributed by atoms with Gasteiger partial charge in [0.2, 0.25) is 6.10 Å². The summed E-state index contributed by atoms with van der Waals surface area (Å²) in [6, 6.07) is 15.6. The van der Waals surface area contributed by atoms with Crippen LogP contribution in [0.25, 0.3) is 0 Å². The van der Waals surface area contributed by atoms with Crippen LogP contribution in [0.3, 0.4) is 0 Å². The van der Waals surface area contributed by atoms with Crippen LogP contribution >= 0.6 is 0 Å². The van der Waals surface area contributed by atoms with E-state index in [-0.39, 0.29) is 18.0 Å². The summed E-state index contributed by atoms with van der Waals surface area (Å²) in [6.07, 6.45) is 0.893. The molecule has 6 nitrogen and oxygen atoms in total. The number of hydrogen-bond donors (Lipinski definition) is 0. The number of oxime groups is 1. The van der Waals surface area contributed by atoms with Crippen molar-refractivity contribution in [3.63, 3.8) is 0 Å². The molecular formula is C24H32N2O4. The van der Waals surface area contributed by atoms with Crippen LogP contribution in [-0.2, 0) is 16.2 Å². The van der Waals surface area contributed by atoms with Crippen molar-refractivity contribution >= 4 is 12.1 Å². The molecule has 2 aromatic rings. The highest BCUT2D eigenvalue weighted by Crippen LogP contribution is 2.28. The van der Waals surface area contributed by atoms with Crippen LogP contribution in [0.15, 0.2) is 53.7 Å². The van der Waals surface area contributed by atoms with E-state index < -0.39 is 6.10 Å². The summed E-state index contributed by atoms with van der Waals surface area (Å²) in [5, 5.41) is 3.99. The van der Waals surface area contributed by atoms with E-state index in [0.717, 1.165) is 11.1 Å². The van der Waals surface area contributed by atoms with Crippen LogP contribution < -0.4 is 9.47 Å². The second kappa shape index (κ2) is 11.2. The number of amides is 1. The van der Waals surface area contributed by atoms with E-state index in [1.165, 1.54) is 0 Å². The first kappa shape index (κ1) is 23.3. The van der Waals surface area contributed by atoms with Gasteiger partial charge in [0.15, 0.2) is 11.5 Å². The Morgan fingerprint density at radius 3 is 2.27 bits per heavy atom. The van der Waals surface area contributed by atoms with Crippen molar-refractivity contribution in [1.29, 1.82) is 0 Å². The highest BCUT2D eigenvalue weighted by atomic mass is 16.6. The zero-order valence-electron chi connectivity index (χ0n) is 18.7. The fourth-order valence-corrected chi connectivity index (χ4v) is 3.16. The summed E-state index contributed by atoms with van der Waals surface area (Å²) < 4.78 is 11.3. The number of hydrogen-bond acceptors (Lipinski definition) is 5. The number of carbonyl (C=O) groups is 1. The Labute approximate surface area is 179 Å². The molecular weight excluding hydrogens is 380 g/mol. The third kappa shape index (κ3) is 6.51. The normalized spacial score (nSPS) is 12.3. The number of rotatable bonds is 10. The van der Waals surface area contributed by atoms with Gasteiger partial charge in [0.25, 0.3) is 5.91 Å². The van der Waals surface area contributed by atoms with E-state index in [2.05, 4.69) is 5.16 Å². The van der Waals surface area contributed by atoms with Gasteiger partial charge in [0.05, 0.1) is 13.3 Å². The summed E-state index contributed by atoms with van der Waals surface area (Å²) in [7, 11) is 1.59. The van der Waals surface area contributed by atoms with Gasteiger partial charge in [-0.25, -0.2) is 0 Å². The van der Waals surface area contributed by atoms with Gasteiger partial charge in [0, 0.05) is 17.6 Å². The molecule has 162 valence electrons. The smallest absolute Gasteiger partial charge is 0.266 e. The van der Waals surface area contributed by atoms with E-state index in [1.54, 1.807) is 25.1 Å². The second-order valence-electron chi connectivity index (χ2n) is 7.60. The Bertz CT molecular complexity index is 826. The Balaban J connectivity index is 1.99. The lowest BCUT2D eigenvalue weighted by Crippen LogP contribution is -2.46. The molecule has 0 fully saturated rings. The SMILES string of the molecule is COc1cc(/C=N/OC(C)C(=O)N(C(C)C)C(C)C)ccc1OCc1ccccc1. The molecule has 0 aliphatic carbocycles. The maximum atomic E-state index is 12.6. The molecule has 1 unspecified atom stereocenters. The van der Waals surface area contributed by atoms with Crippen LogP contribution in [0.1, 0.15) is 45.7 Å². The van der Waals surface area contributed by atoms with Crippen molar-refractivity contribution in [1.82, 2.24) is 4.90 Å². The number of benzene rings is 2. The Kier molecular flexibility index (Phi) is 8.71. The number of ether oxygens (including phenoxy) is 2. The third-order valence-electron chi connectivity index (χ3n) is 4.56. The van der Waals surface area contributed by atoms with Crippen molar-refractivity contribution in [2.45, 2.75) is 59.4 Å². The molecule has 0 aliphatic rings. The van der Waals surface area contributed by atoms with Crippen molar-refractivity contribution < 1.29 is 19.1 Å². The molecule has 0 bridgehead atoms. The van der Waals surface area contributed by atoms with Gasteiger partial charge < -0.3 is 19.2 Å². The lowest BCUT2D eigenvalue weighted by molar-refractivity contribution is -0.146. The molecule has 0 N–H and O–H groups in total. The molecule has 1 amide bonds. The average molecular weight is 413 g/mol. The van der Waals surface area contributed by atoms with Crippen molar-refractivity contribution in [3.8, 4) is 11.5 Å². The molecule has 0 aliphatic heterocycles. The van der Waals surface area contributed by atoms with Gasteiger partial charge in [0.1, 0.15) is 6.61 Å². The molecule has 6 heteroatoms. The van der Waals surface area contributed by atoms with E-state index in [9.17, 15) is 4.79 Å². The average Bonchev–Trinajstić information content (AvgIpc) is 2.72. The zero-order valence-corrected chi connectivity index (χ0v) is 18.7. The Morgan fingerprint density at radius 1 is 1.00 bits per heavy atom. The fraction of sp³-hybridized carbons (Fsp3) is 0.417. The molecule has 0 saturated heterocycles. The van der Waals surface area contributed by atoms with Gasteiger partial charge in [-0.05, 0) is 58.4 Å².